The molecule has 0 saturated carbocycles. The Kier molecular flexibility index (Phi) is 6.59. The standard InChI is InChI=1S/C23H22N2O3S/c1-25(18-20-10-6-3-7-11-20)29(27,28)22-15-13-21(14-16-22)24-23(26)17-12-19-8-4-2-5-9-19/h2-17H,18H2,1H3,(H,24,26). The SMILES string of the molecule is CN(Cc1ccccc1)S(=O)(=O)c1ccc(NC(=O)C=Cc2ccccc2)cc1. The summed E-state index contributed by atoms with van der Waals surface area (Å²) in [6.45, 7) is 0.284. The van der Waals surface area contributed by atoms with E-state index in [0.29, 0.717) is 5.69 Å². The monoisotopic (exact) mass is 406 g/mol. The molecule has 3 aromatic rings. The number of rotatable bonds is 7. The molecule has 3 aromatic carbocycles. The van der Waals surface area contributed by atoms with E-state index in [1.165, 1.54) is 22.5 Å². The average molecular weight is 407 g/mol. The van der Waals surface area contributed by atoms with Gasteiger partial charge in [0.2, 0.25) is 15.9 Å². The number of sulfonamides is 1. The zero-order chi connectivity index (χ0) is 20.7. The van der Waals surface area contributed by atoms with Crippen LogP contribution in [0.15, 0.2) is 95.9 Å². The van der Waals surface area contributed by atoms with Crippen molar-refractivity contribution in [1.29, 1.82) is 0 Å². The molecule has 0 aliphatic carbocycles. The fraction of sp³-hybridized carbons (Fsp3) is 0.0870. The fourth-order valence-electron chi connectivity index (χ4n) is 2.74. The third kappa shape index (κ3) is 5.63. The number of benzene rings is 3. The molecule has 0 spiro atoms. The number of hydrogen-bond donors (Lipinski definition) is 1. The van der Waals surface area contributed by atoms with Crippen LogP contribution in [-0.2, 0) is 21.4 Å². The molecular formula is C23H22N2O3S. The first-order valence-corrected chi connectivity index (χ1v) is 10.5. The summed E-state index contributed by atoms with van der Waals surface area (Å²) < 4.78 is 26.8. The highest BCUT2D eigenvalue weighted by molar-refractivity contribution is 7.89. The Morgan fingerprint density at radius 3 is 2.10 bits per heavy atom. The van der Waals surface area contributed by atoms with Gasteiger partial charge in [-0.15, -0.1) is 0 Å². The molecule has 0 heterocycles. The van der Waals surface area contributed by atoms with Gasteiger partial charge in [-0.2, -0.15) is 4.31 Å². The smallest absolute Gasteiger partial charge is 0.248 e. The molecule has 3 rings (SSSR count). The minimum atomic E-state index is -3.62. The molecule has 0 fully saturated rings. The van der Waals surface area contributed by atoms with Crippen LogP contribution in [0.4, 0.5) is 5.69 Å². The number of carbonyl (C=O) groups is 1. The Balaban J connectivity index is 1.64. The summed E-state index contributed by atoms with van der Waals surface area (Å²) in [5, 5.41) is 2.73. The molecule has 0 atom stereocenters. The summed E-state index contributed by atoms with van der Waals surface area (Å²) in [6.07, 6.45) is 3.15. The van der Waals surface area contributed by atoms with E-state index in [-0.39, 0.29) is 17.3 Å². The summed E-state index contributed by atoms with van der Waals surface area (Å²) in [5.74, 6) is -0.286. The molecule has 0 saturated heterocycles. The summed E-state index contributed by atoms with van der Waals surface area (Å²) in [5.41, 5.74) is 2.36. The lowest BCUT2D eigenvalue weighted by Crippen LogP contribution is -2.26. The molecule has 6 heteroatoms. The Bertz CT molecular complexity index is 1080. The second-order valence-corrected chi connectivity index (χ2v) is 8.55. The van der Waals surface area contributed by atoms with Crippen LogP contribution in [0.25, 0.3) is 6.08 Å². The molecule has 0 radical (unpaired) electrons. The van der Waals surface area contributed by atoms with Crippen molar-refractivity contribution in [1.82, 2.24) is 4.31 Å². The third-order valence-electron chi connectivity index (χ3n) is 4.30. The molecule has 1 amide bonds. The van der Waals surface area contributed by atoms with Crippen LogP contribution in [0.3, 0.4) is 0 Å². The highest BCUT2D eigenvalue weighted by Gasteiger charge is 2.20. The number of nitrogens with one attached hydrogen (secondary N) is 1. The largest absolute Gasteiger partial charge is 0.323 e. The van der Waals surface area contributed by atoms with Crippen molar-refractivity contribution in [3.63, 3.8) is 0 Å². The molecule has 148 valence electrons. The van der Waals surface area contributed by atoms with Gasteiger partial charge >= 0.3 is 0 Å². The summed E-state index contributed by atoms with van der Waals surface area (Å²) in [6, 6.07) is 25.0. The number of hydrogen-bond acceptors (Lipinski definition) is 3. The molecule has 29 heavy (non-hydrogen) atoms. The normalized spacial score (nSPS) is 11.7. The van der Waals surface area contributed by atoms with Crippen molar-refractivity contribution in [2.24, 2.45) is 0 Å². The van der Waals surface area contributed by atoms with E-state index in [2.05, 4.69) is 5.32 Å². The van der Waals surface area contributed by atoms with Crippen molar-refractivity contribution >= 4 is 27.7 Å². The maximum absolute atomic E-state index is 12.8. The van der Waals surface area contributed by atoms with Gasteiger partial charge in [0.25, 0.3) is 0 Å². The lowest BCUT2D eigenvalue weighted by atomic mass is 10.2. The Hall–Kier alpha value is -3.22. The minimum absolute atomic E-state index is 0.175. The topological polar surface area (TPSA) is 66.5 Å². The van der Waals surface area contributed by atoms with Crippen LogP contribution in [-0.4, -0.2) is 25.7 Å². The van der Waals surface area contributed by atoms with Gasteiger partial charge in [-0.05, 0) is 41.5 Å². The molecular weight excluding hydrogens is 384 g/mol. The van der Waals surface area contributed by atoms with Gasteiger partial charge in [-0.3, -0.25) is 4.79 Å². The molecule has 5 nitrogen and oxygen atoms in total. The quantitative estimate of drug-likeness (QED) is 0.599. The van der Waals surface area contributed by atoms with Crippen molar-refractivity contribution in [3.05, 3.63) is 102 Å². The first-order valence-electron chi connectivity index (χ1n) is 9.09. The molecule has 1 N–H and O–H groups in total. The molecule has 0 bridgehead atoms. The van der Waals surface area contributed by atoms with Gasteiger partial charge in [0.15, 0.2) is 0 Å². The highest BCUT2D eigenvalue weighted by Crippen LogP contribution is 2.19. The van der Waals surface area contributed by atoms with E-state index < -0.39 is 10.0 Å². The molecule has 0 aliphatic rings. The Morgan fingerprint density at radius 2 is 1.48 bits per heavy atom. The number of nitrogens with zero attached hydrogens (tertiary/aromatic N) is 1. The van der Waals surface area contributed by atoms with Gasteiger partial charge in [-0.1, -0.05) is 60.7 Å². The van der Waals surface area contributed by atoms with Crippen LogP contribution >= 0.6 is 0 Å². The van der Waals surface area contributed by atoms with Crippen LogP contribution in [0.1, 0.15) is 11.1 Å². The van der Waals surface area contributed by atoms with Gasteiger partial charge in [-0.25, -0.2) is 8.42 Å². The van der Waals surface area contributed by atoms with Gasteiger partial charge in [0, 0.05) is 25.4 Å². The van der Waals surface area contributed by atoms with Crippen LogP contribution < -0.4 is 5.32 Å². The second-order valence-electron chi connectivity index (χ2n) is 6.50. The zero-order valence-electron chi connectivity index (χ0n) is 16.0. The van der Waals surface area contributed by atoms with Crippen LogP contribution in [0.2, 0.25) is 0 Å². The number of amides is 1. The fourth-order valence-corrected chi connectivity index (χ4v) is 3.89. The van der Waals surface area contributed by atoms with Gasteiger partial charge in [0.1, 0.15) is 0 Å². The average Bonchev–Trinajstić information content (AvgIpc) is 2.74. The second kappa shape index (κ2) is 9.32. The summed E-state index contributed by atoms with van der Waals surface area (Å²) >= 11 is 0. The van der Waals surface area contributed by atoms with Crippen LogP contribution in [0.5, 0.6) is 0 Å². The number of carbonyl (C=O) groups excluding carboxylic acids is 1. The highest BCUT2D eigenvalue weighted by atomic mass is 32.2. The van der Waals surface area contributed by atoms with E-state index in [1.807, 2.05) is 60.7 Å². The van der Waals surface area contributed by atoms with Crippen LogP contribution in [0, 0.1) is 0 Å². The lowest BCUT2D eigenvalue weighted by molar-refractivity contribution is -0.111. The lowest BCUT2D eigenvalue weighted by Gasteiger charge is -2.17. The van der Waals surface area contributed by atoms with Crippen molar-refractivity contribution in [3.8, 4) is 0 Å². The molecule has 0 unspecified atom stereocenters. The van der Waals surface area contributed by atoms with Crippen molar-refractivity contribution in [2.45, 2.75) is 11.4 Å². The summed E-state index contributed by atoms with van der Waals surface area (Å²) in [4.78, 5) is 12.2. The summed E-state index contributed by atoms with van der Waals surface area (Å²) in [7, 11) is -2.07. The first kappa shape index (κ1) is 20.5. The number of anilines is 1. The molecule has 0 aliphatic heterocycles. The maximum Gasteiger partial charge on any atom is 0.248 e. The minimum Gasteiger partial charge on any atom is -0.323 e. The maximum atomic E-state index is 12.8. The third-order valence-corrected chi connectivity index (χ3v) is 6.12. The van der Waals surface area contributed by atoms with E-state index in [9.17, 15) is 13.2 Å². The van der Waals surface area contributed by atoms with E-state index in [4.69, 9.17) is 0 Å². The predicted octanol–water partition coefficient (Wildman–Crippen LogP) is 4.16. The zero-order valence-corrected chi connectivity index (χ0v) is 16.8. The van der Waals surface area contributed by atoms with Crippen molar-refractivity contribution in [2.75, 3.05) is 12.4 Å². The molecule has 0 aromatic heterocycles. The van der Waals surface area contributed by atoms with E-state index >= 15 is 0 Å². The Labute approximate surface area is 171 Å². The first-order chi connectivity index (χ1) is 13.9. The van der Waals surface area contributed by atoms with E-state index in [1.54, 1.807) is 25.3 Å². The van der Waals surface area contributed by atoms with Crippen molar-refractivity contribution < 1.29 is 13.2 Å². The van der Waals surface area contributed by atoms with E-state index in [0.717, 1.165) is 11.1 Å². The van der Waals surface area contributed by atoms with Gasteiger partial charge in [0.05, 0.1) is 4.90 Å². The van der Waals surface area contributed by atoms with Gasteiger partial charge < -0.3 is 5.32 Å². The Morgan fingerprint density at radius 1 is 0.897 bits per heavy atom. The predicted molar refractivity (Wildman–Crippen MR) is 116 cm³/mol.